The van der Waals surface area contributed by atoms with Crippen LogP contribution in [0.5, 0.6) is 0 Å². The van der Waals surface area contributed by atoms with E-state index in [2.05, 4.69) is 20.7 Å². The Morgan fingerprint density at radius 2 is 2.16 bits per heavy atom. The van der Waals surface area contributed by atoms with Crippen LogP contribution in [0.25, 0.3) is 0 Å². The smallest absolute Gasteiger partial charge is 0.380 e. The van der Waals surface area contributed by atoms with E-state index in [9.17, 15) is 13.2 Å². The van der Waals surface area contributed by atoms with Gasteiger partial charge in [0.15, 0.2) is 0 Å². The van der Waals surface area contributed by atoms with Gasteiger partial charge in [0.1, 0.15) is 16.5 Å². The summed E-state index contributed by atoms with van der Waals surface area (Å²) in [5, 5.41) is 9.43. The fourth-order valence-corrected chi connectivity index (χ4v) is 3.01. The molecule has 0 bridgehead atoms. The molecule has 2 aliphatic rings. The largest absolute Gasteiger partial charge is 0.421 e. The summed E-state index contributed by atoms with van der Waals surface area (Å²) in [5.41, 5.74) is 5.41. The Balaban J connectivity index is 1.89. The molecule has 3 heterocycles. The molecule has 4 N–H and O–H groups in total. The summed E-state index contributed by atoms with van der Waals surface area (Å²) in [7, 11) is 1.36. The van der Waals surface area contributed by atoms with Gasteiger partial charge in [-0.2, -0.15) is 18.3 Å². The van der Waals surface area contributed by atoms with Crippen LogP contribution in [0.3, 0.4) is 0 Å². The van der Waals surface area contributed by atoms with Gasteiger partial charge in [-0.15, -0.1) is 0 Å². The highest BCUT2D eigenvalue weighted by Crippen LogP contribution is 2.35. The van der Waals surface area contributed by atoms with E-state index in [0.717, 1.165) is 0 Å². The molecule has 7 nitrogen and oxygen atoms in total. The first-order chi connectivity index (χ1) is 11.6. The number of allylic oxidation sites excluding steroid dienone is 1. The van der Waals surface area contributed by atoms with Gasteiger partial charge in [-0.3, -0.25) is 10.4 Å². The van der Waals surface area contributed by atoms with Gasteiger partial charge < -0.3 is 15.4 Å². The first kappa shape index (κ1) is 18.0. The molecular formula is C14H18ClF3N6O. The number of halogens is 4. The summed E-state index contributed by atoms with van der Waals surface area (Å²) in [6.07, 6.45) is -2.47. The number of ether oxygens (including phenoxy) is 1. The van der Waals surface area contributed by atoms with Crippen molar-refractivity contribution in [2.45, 2.75) is 25.4 Å². The van der Waals surface area contributed by atoms with Crippen molar-refractivity contribution in [2.75, 3.05) is 20.3 Å². The van der Waals surface area contributed by atoms with Gasteiger partial charge in [0, 0.05) is 18.7 Å². The van der Waals surface area contributed by atoms with E-state index < -0.39 is 17.5 Å². The maximum atomic E-state index is 13.0. The van der Waals surface area contributed by atoms with Gasteiger partial charge in [0.2, 0.25) is 5.79 Å². The summed E-state index contributed by atoms with van der Waals surface area (Å²) >= 11 is 6.36. The zero-order chi connectivity index (χ0) is 18.5. The molecular weight excluding hydrogens is 361 g/mol. The molecule has 0 spiro atoms. The maximum absolute atomic E-state index is 13.0. The third-order valence-electron chi connectivity index (χ3n) is 4.16. The highest BCUT2D eigenvalue weighted by atomic mass is 35.5. The number of alkyl halides is 3. The summed E-state index contributed by atoms with van der Waals surface area (Å²) in [5.74, 6) is -1.94. The third kappa shape index (κ3) is 3.21. The zero-order valence-corrected chi connectivity index (χ0v) is 14.4. The highest BCUT2D eigenvalue weighted by molar-refractivity contribution is 6.30. The number of rotatable bonds is 4. The van der Waals surface area contributed by atoms with Gasteiger partial charge in [-0.1, -0.05) is 18.5 Å². The zero-order valence-electron chi connectivity index (χ0n) is 13.6. The van der Waals surface area contributed by atoms with Crippen LogP contribution in [0.2, 0.25) is 5.15 Å². The maximum Gasteiger partial charge on any atom is 0.421 e. The Morgan fingerprint density at radius 1 is 1.48 bits per heavy atom. The lowest BCUT2D eigenvalue weighted by molar-refractivity contribution is -0.111. The van der Waals surface area contributed by atoms with Crippen molar-refractivity contribution >= 4 is 17.8 Å². The summed E-state index contributed by atoms with van der Waals surface area (Å²) in [6.45, 7) is 3.71. The normalized spacial score (nSPS) is 25.6. The second-order valence-corrected chi connectivity index (χ2v) is 6.85. The van der Waals surface area contributed by atoms with Crippen molar-refractivity contribution < 1.29 is 17.9 Å². The van der Waals surface area contributed by atoms with Crippen molar-refractivity contribution in [2.24, 2.45) is 16.1 Å². The lowest BCUT2D eigenvalue weighted by atomic mass is 9.89. The molecule has 0 radical (unpaired) electrons. The monoisotopic (exact) mass is 378 g/mol. The Bertz CT molecular complexity index is 739. The van der Waals surface area contributed by atoms with Crippen LogP contribution >= 0.6 is 11.6 Å². The van der Waals surface area contributed by atoms with Crippen LogP contribution in [0.1, 0.15) is 12.5 Å². The standard InChI is InChI=1S/C14H18ClF3N6O/c1-12(6-25-7-12)5-24-10(15)8(4-22-24)14(19)21-3-9(13(16,17)18)11(20-2)23-14/h3-4,20,23H,5-7,19H2,1-2H3. The molecule has 138 valence electrons. The highest BCUT2D eigenvalue weighted by Gasteiger charge is 2.43. The van der Waals surface area contributed by atoms with Gasteiger partial charge in [-0.05, 0) is 0 Å². The number of aliphatic imine (C=N–C) groups is 1. The minimum Gasteiger partial charge on any atom is -0.380 e. The van der Waals surface area contributed by atoms with Gasteiger partial charge >= 0.3 is 6.18 Å². The molecule has 2 aliphatic heterocycles. The molecule has 1 fully saturated rings. The fraction of sp³-hybridized carbons (Fsp3) is 0.571. The van der Waals surface area contributed by atoms with Crippen LogP contribution in [0, 0.1) is 5.41 Å². The minimum absolute atomic E-state index is 0.0859. The second-order valence-electron chi connectivity index (χ2n) is 6.50. The van der Waals surface area contributed by atoms with Crippen molar-refractivity contribution in [3.8, 4) is 0 Å². The lowest BCUT2D eigenvalue weighted by Gasteiger charge is -2.38. The van der Waals surface area contributed by atoms with Crippen molar-refractivity contribution in [3.63, 3.8) is 0 Å². The fourth-order valence-electron chi connectivity index (χ4n) is 2.71. The van der Waals surface area contributed by atoms with Crippen molar-refractivity contribution in [1.29, 1.82) is 0 Å². The van der Waals surface area contributed by atoms with Crippen LogP contribution in [-0.4, -0.2) is 42.4 Å². The first-order valence-electron chi connectivity index (χ1n) is 7.49. The number of nitrogens with one attached hydrogen (secondary N) is 2. The van der Waals surface area contributed by atoms with E-state index in [0.29, 0.717) is 26.0 Å². The van der Waals surface area contributed by atoms with Crippen LogP contribution in [0.4, 0.5) is 13.2 Å². The number of hydrogen-bond acceptors (Lipinski definition) is 6. The van der Waals surface area contributed by atoms with E-state index in [1.807, 2.05) is 6.92 Å². The topological polar surface area (TPSA) is 89.5 Å². The average molecular weight is 379 g/mol. The van der Waals surface area contributed by atoms with Gasteiger partial charge in [-0.25, -0.2) is 4.99 Å². The molecule has 0 aliphatic carbocycles. The van der Waals surface area contributed by atoms with E-state index >= 15 is 0 Å². The lowest BCUT2D eigenvalue weighted by Crippen LogP contribution is -2.53. The SMILES string of the molecule is CNC1=C(C(F)(F)F)C=NC(N)(c2cnn(CC3(C)COC3)c2Cl)N1. The molecule has 1 saturated heterocycles. The molecule has 1 aromatic heterocycles. The minimum atomic E-state index is -4.57. The number of nitrogens with zero attached hydrogens (tertiary/aromatic N) is 3. The summed E-state index contributed by atoms with van der Waals surface area (Å²) in [4.78, 5) is 3.84. The molecule has 0 saturated carbocycles. The van der Waals surface area contributed by atoms with E-state index in [4.69, 9.17) is 22.1 Å². The van der Waals surface area contributed by atoms with Gasteiger partial charge in [0.25, 0.3) is 0 Å². The summed E-state index contributed by atoms with van der Waals surface area (Å²) in [6, 6.07) is 0. The van der Waals surface area contributed by atoms with E-state index in [-0.39, 0.29) is 22.0 Å². The predicted octanol–water partition coefficient (Wildman–Crippen LogP) is 1.31. The van der Waals surface area contributed by atoms with Crippen LogP contribution in [0.15, 0.2) is 22.6 Å². The Hall–Kier alpha value is -1.78. The Morgan fingerprint density at radius 3 is 2.68 bits per heavy atom. The molecule has 11 heteroatoms. The molecule has 0 aromatic carbocycles. The second kappa shape index (κ2) is 5.89. The van der Waals surface area contributed by atoms with Crippen LogP contribution < -0.4 is 16.4 Å². The van der Waals surface area contributed by atoms with Crippen molar-refractivity contribution in [3.05, 3.63) is 28.3 Å². The van der Waals surface area contributed by atoms with Crippen LogP contribution in [-0.2, 0) is 17.1 Å². The van der Waals surface area contributed by atoms with Crippen molar-refractivity contribution in [1.82, 2.24) is 20.4 Å². The molecule has 1 unspecified atom stereocenters. The van der Waals surface area contributed by atoms with Gasteiger partial charge in [0.05, 0.1) is 31.5 Å². The van der Waals surface area contributed by atoms with E-state index in [1.54, 1.807) is 4.68 Å². The van der Waals surface area contributed by atoms with E-state index in [1.165, 1.54) is 13.2 Å². The third-order valence-corrected chi connectivity index (χ3v) is 4.55. The number of hydrogen-bond donors (Lipinski definition) is 3. The Kier molecular flexibility index (Phi) is 4.25. The molecule has 0 amide bonds. The predicted molar refractivity (Wildman–Crippen MR) is 85.8 cm³/mol. The summed E-state index contributed by atoms with van der Waals surface area (Å²) < 4.78 is 45.8. The molecule has 1 atom stereocenters. The molecule has 25 heavy (non-hydrogen) atoms. The Labute approximate surface area is 147 Å². The first-order valence-corrected chi connectivity index (χ1v) is 7.87. The number of aromatic nitrogens is 2. The average Bonchev–Trinajstić information content (AvgIpc) is 2.86. The molecule has 3 rings (SSSR count). The molecule has 1 aromatic rings. The quantitative estimate of drug-likeness (QED) is 0.735. The number of nitrogens with two attached hydrogens (primary N) is 1.